The first-order valence-electron chi connectivity index (χ1n) is 9.79. The van der Waals surface area contributed by atoms with Crippen LogP contribution in [0, 0.1) is 20.2 Å². The normalized spacial score (nSPS) is 10.3. The topological polar surface area (TPSA) is 157 Å². The van der Waals surface area contributed by atoms with E-state index in [9.17, 15) is 29.8 Å². The third kappa shape index (κ3) is 7.30. The van der Waals surface area contributed by atoms with Crippen molar-refractivity contribution >= 4 is 34.9 Å². The Labute approximate surface area is 198 Å². The van der Waals surface area contributed by atoms with Crippen LogP contribution in [-0.4, -0.2) is 36.0 Å². The zero-order valence-corrected chi connectivity index (χ0v) is 19.0. The molecule has 0 heterocycles. The molecule has 12 nitrogen and oxygen atoms in total. The highest BCUT2D eigenvalue weighted by molar-refractivity contribution is 6.30. The Balaban J connectivity index is 1.84. The van der Waals surface area contributed by atoms with Crippen LogP contribution in [0.5, 0.6) is 11.5 Å². The van der Waals surface area contributed by atoms with Crippen LogP contribution in [0.1, 0.15) is 30.4 Å². The highest BCUT2D eigenvalue weighted by Crippen LogP contribution is 2.34. The van der Waals surface area contributed by atoms with Gasteiger partial charge in [-0.1, -0.05) is 11.6 Å². The van der Waals surface area contributed by atoms with Crippen LogP contribution in [0.25, 0.3) is 0 Å². The number of rotatable bonds is 12. The molecule has 0 spiro atoms. The smallest absolute Gasteiger partial charge is 0.306 e. The molecule has 0 aliphatic heterocycles. The molecule has 34 heavy (non-hydrogen) atoms. The van der Waals surface area contributed by atoms with Gasteiger partial charge in [-0.2, -0.15) is 0 Å². The molecule has 0 radical (unpaired) electrons. The number of nitro benzene ring substituents is 2. The average Bonchev–Trinajstić information content (AvgIpc) is 2.80. The Morgan fingerprint density at radius 3 is 1.85 bits per heavy atom. The van der Waals surface area contributed by atoms with Crippen LogP contribution in [0.4, 0.5) is 11.4 Å². The standard InChI is InChI=1S/C21H21ClN2O10/c1-31-18-8-14(17(24(29)30)10-19(18)32-2)12-34-21(26)5-3-4-20(25)33-11-13-6-7-15(22)9-16(13)23(27)28/h6-10H,3-5,11-12H2,1-2H3. The van der Waals surface area contributed by atoms with Crippen LogP contribution < -0.4 is 9.47 Å². The minimum absolute atomic E-state index is 0.0917. The van der Waals surface area contributed by atoms with Crippen molar-refractivity contribution in [1.82, 2.24) is 0 Å². The van der Waals surface area contributed by atoms with Gasteiger partial charge in [-0.25, -0.2) is 0 Å². The molecule has 13 heteroatoms. The quantitative estimate of drug-likeness (QED) is 0.237. The first-order chi connectivity index (χ1) is 16.2. The fourth-order valence-electron chi connectivity index (χ4n) is 2.86. The summed E-state index contributed by atoms with van der Waals surface area (Å²) >= 11 is 5.74. The summed E-state index contributed by atoms with van der Waals surface area (Å²) in [6.45, 7) is -0.695. The van der Waals surface area contributed by atoms with E-state index in [2.05, 4.69) is 0 Å². The molecule has 0 bridgehead atoms. The number of ether oxygens (including phenoxy) is 4. The number of carbonyl (C=O) groups is 2. The second-order valence-electron chi connectivity index (χ2n) is 6.80. The third-order valence-corrected chi connectivity index (χ3v) is 4.80. The summed E-state index contributed by atoms with van der Waals surface area (Å²) in [7, 11) is 2.70. The lowest BCUT2D eigenvalue weighted by molar-refractivity contribution is -0.386. The monoisotopic (exact) mass is 496 g/mol. The molecule has 0 aliphatic rings. The van der Waals surface area contributed by atoms with E-state index in [4.69, 9.17) is 30.5 Å². The van der Waals surface area contributed by atoms with Gasteiger partial charge in [0.15, 0.2) is 11.5 Å². The molecular weight excluding hydrogens is 476 g/mol. The SMILES string of the molecule is COc1cc(COC(=O)CCCC(=O)OCc2ccc(Cl)cc2[N+](=O)[O-])c([N+](=O)[O-])cc1OC. The Bertz CT molecular complexity index is 1090. The molecule has 0 unspecified atom stereocenters. The number of carbonyl (C=O) groups excluding carboxylic acids is 2. The number of methoxy groups -OCH3 is 2. The first-order valence-corrected chi connectivity index (χ1v) is 10.2. The van der Waals surface area contributed by atoms with Gasteiger partial charge in [-0.15, -0.1) is 0 Å². The van der Waals surface area contributed by atoms with Crippen molar-refractivity contribution < 1.29 is 38.4 Å². The largest absolute Gasteiger partial charge is 0.493 e. The van der Waals surface area contributed by atoms with Crippen molar-refractivity contribution in [2.24, 2.45) is 0 Å². The first kappa shape index (κ1) is 26.3. The van der Waals surface area contributed by atoms with Crippen LogP contribution in [0.3, 0.4) is 0 Å². The number of esters is 2. The highest BCUT2D eigenvalue weighted by atomic mass is 35.5. The van der Waals surface area contributed by atoms with Crippen molar-refractivity contribution in [3.05, 3.63) is 66.7 Å². The van der Waals surface area contributed by atoms with E-state index in [1.165, 1.54) is 38.5 Å². The third-order valence-electron chi connectivity index (χ3n) is 4.56. The van der Waals surface area contributed by atoms with E-state index in [1.807, 2.05) is 0 Å². The van der Waals surface area contributed by atoms with Gasteiger partial charge in [0.25, 0.3) is 11.4 Å². The number of hydrogen-bond donors (Lipinski definition) is 0. The van der Waals surface area contributed by atoms with Crippen molar-refractivity contribution in [1.29, 1.82) is 0 Å². The van der Waals surface area contributed by atoms with Gasteiger partial charge in [0, 0.05) is 23.9 Å². The lowest BCUT2D eigenvalue weighted by Crippen LogP contribution is -2.09. The van der Waals surface area contributed by atoms with E-state index in [1.54, 1.807) is 0 Å². The van der Waals surface area contributed by atoms with E-state index in [0.29, 0.717) is 0 Å². The summed E-state index contributed by atoms with van der Waals surface area (Å²) in [6.07, 6.45) is -0.182. The molecule has 0 atom stereocenters. The van der Waals surface area contributed by atoms with Gasteiger partial charge in [0.1, 0.15) is 13.2 Å². The molecule has 0 N–H and O–H groups in total. The maximum absolute atomic E-state index is 12.0. The molecule has 0 amide bonds. The minimum atomic E-state index is -0.676. The van der Waals surface area contributed by atoms with Crippen LogP contribution in [0.15, 0.2) is 30.3 Å². The average molecular weight is 497 g/mol. The molecule has 0 saturated heterocycles. The molecule has 2 aromatic carbocycles. The lowest BCUT2D eigenvalue weighted by atomic mass is 10.1. The van der Waals surface area contributed by atoms with Crippen molar-refractivity contribution in [2.75, 3.05) is 14.2 Å². The molecule has 2 aromatic rings. The van der Waals surface area contributed by atoms with Crippen molar-refractivity contribution in [3.63, 3.8) is 0 Å². The predicted molar refractivity (Wildman–Crippen MR) is 118 cm³/mol. The van der Waals surface area contributed by atoms with Gasteiger partial charge in [0.2, 0.25) is 0 Å². The Kier molecular flexibility index (Phi) is 9.56. The van der Waals surface area contributed by atoms with Gasteiger partial charge in [-0.3, -0.25) is 29.8 Å². The maximum Gasteiger partial charge on any atom is 0.306 e. The molecule has 2 rings (SSSR count). The van der Waals surface area contributed by atoms with Gasteiger partial charge in [-0.05, 0) is 24.6 Å². The zero-order valence-electron chi connectivity index (χ0n) is 18.3. The highest BCUT2D eigenvalue weighted by Gasteiger charge is 2.21. The van der Waals surface area contributed by atoms with Crippen molar-refractivity contribution in [2.45, 2.75) is 32.5 Å². The van der Waals surface area contributed by atoms with Crippen molar-refractivity contribution in [3.8, 4) is 11.5 Å². The van der Waals surface area contributed by atoms with E-state index in [0.717, 1.165) is 6.07 Å². The number of halogens is 1. The number of nitro groups is 2. The lowest BCUT2D eigenvalue weighted by Gasteiger charge is -2.11. The number of hydrogen-bond acceptors (Lipinski definition) is 10. The summed E-state index contributed by atoms with van der Waals surface area (Å²) in [5, 5.41) is 22.5. The van der Waals surface area contributed by atoms with Gasteiger partial charge >= 0.3 is 11.9 Å². The van der Waals surface area contributed by atoms with Crippen LogP contribution >= 0.6 is 11.6 Å². The van der Waals surface area contributed by atoms with Gasteiger partial charge in [0.05, 0.1) is 41.3 Å². The second kappa shape index (κ2) is 12.3. The molecule has 0 aromatic heterocycles. The minimum Gasteiger partial charge on any atom is -0.493 e. The second-order valence-corrected chi connectivity index (χ2v) is 7.23. The summed E-state index contributed by atoms with van der Waals surface area (Å²) in [4.78, 5) is 45.0. The summed E-state index contributed by atoms with van der Waals surface area (Å²) in [5.74, 6) is -0.938. The molecule has 0 saturated carbocycles. The van der Waals surface area contributed by atoms with Crippen LogP contribution in [0.2, 0.25) is 5.02 Å². The van der Waals surface area contributed by atoms with E-state index < -0.39 is 21.8 Å². The predicted octanol–water partition coefficient (Wildman–Crippen LogP) is 4.13. The fourth-order valence-corrected chi connectivity index (χ4v) is 3.03. The van der Waals surface area contributed by atoms with Gasteiger partial charge < -0.3 is 18.9 Å². The summed E-state index contributed by atoms with van der Waals surface area (Å²) in [6, 6.07) is 6.50. The number of benzene rings is 2. The van der Waals surface area contributed by atoms with E-state index in [-0.39, 0.29) is 71.5 Å². The summed E-state index contributed by atoms with van der Waals surface area (Å²) < 4.78 is 20.2. The molecule has 0 fully saturated rings. The number of nitrogens with zero attached hydrogens (tertiary/aromatic N) is 2. The van der Waals surface area contributed by atoms with E-state index >= 15 is 0 Å². The molecular formula is C21H21ClN2O10. The zero-order chi connectivity index (χ0) is 25.3. The fraction of sp³-hybridized carbons (Fsp3) is 0.333. The molecule has 0 aliphatic carbocycles. The Morgan fingerprint density at radius 2 is 1.32 bits per heavy atom. The summed E-state index contributed by atoms with van der Waals surface area (Å²) in [5.41, 5.74) is -0.280. The molecule has 182 valence electrons. The maximum atomic E-state index is 12.0. The Hall–Kier alpha value is -3.93. The Morgan fingerprint density at radius 1 is 0.824 bits per heavy atom. The van der Waals surface area contributed by atoms with Crippen LogP contribution in [-0.2, 0) is 32.3 Å².